The third kappa shape index (κ3) is 3.39. The van der Waals surface area contributed by atoms with E-state index in [1.54, 1.807) is 17.0 Å². The van der Waals surface area contributed by atoms with Gasteiger partial charge in [-0.15, -0.1) is 11.3 Å². The van der Waals surface area contributed by atoms with Gasteiger partial charge in [-0.1, -0.05) is 11.6 Å². The number of amides is 1. The molecule has 1 amide bonds. The summed E-state index contributed by atoms with van der Waals surface area (Å²) in [6.07, 6.45) is 0.764. The van der Waals surface area contributed by atoms with Crippen LogP contribution in [0.5, 0.6) is 5.88 Å². The van der Waals surface area contributed by atoms with Gasteiger partial charge in [0.25, 0.3) is 5.91 Å². The number of aryl methyl sites for hydroxylation is 2. The zero-order valence-corrected chi connectivity index (χ0v) is 13.9. The van der Waals surface area contributed by atoms with Gasteiger partial charge in [-0.3, -0.25) is 4.79 Å². The first-order chi connectivity index (χ1) is 10.5. The van der Waals surface area contributed by atoms with Crippen LogP contribution in [0.1, 0.15) is 27.6 Å². The second-order valence-electron chi connectivity index (χ2n) is 5.28. The van der Waals surface area contributed by atoms with Crippen LogP contribution in [0, 0.1) is 13.8 Å². The molecule has 3 heterocycles. The Balaban J connectivity index is 1.63. The molecule has 0 bridgehead atoms. The maximum absolute atomic E-state index is 12.4. The average molecular weight is 338 g/mol. The van der Waals surface area contributed by atoms with Crippen molar-refractivity contribution >= 4 is 28.8 Å². The summed E-state index contributed by atoms with van der Waals surface area (Å²) in [5, 5.41) is 0. The van der Waals surface area contributed by atoms with Crippen molar-refractivity contribution in [2.24, 2.45) is 0 Å². The number of likely N-dealkylation sites (tertiary alicyclic amines) is 1. The third-order valence-corrected chi connectivity index (χ3v) is 4.67. The molecule has 1 atom stereocenters. The van der Waals surface area contributed by atoms with Gasteiger partial charge in [-0.2, -0.15) is 4.98 Å². The SMILES string of the molecule is Cc1cc(O[C@H]2CCN(C(=O)c3ccc(Cl)s3)C2)nc(C)n1. The highest BCUT2D eigenvalue weighted by Gasteiger charge is 2.29. The molecule has 0 N–H and O–H groups in total. The lowest BCUT2D eigenvalue weighted by Crippen LogP contribution is -2.30. The number of ether oxygens (including phenoxy) is 1. The van der Waals surface area contributed by atoms with E-state index in [1.807, 2.05) is 19.9 Å². The van der Waals surface area contributed by atoms with Crippen molar-refractivity contribution < 1.29 is 9.53 Å². The van der Waals surface area contributed by atoms with Crippen LogP contribution in [0.2, 0.25) is 4.34 Å². The lowest BCUT2D eigenvalue weighted by Gasteiger charge is -2.16. The Morgan fingerprint density at radius 3 is 2.91 bits per heavy atom. The molecular weight excluding hydrogens is 322 g/mol. The minimum atomic E-state index is -0.0342. The van der Waals surface area contributed by atoms with E-state index < -0.39 is 0 Å². The zero-order chi connectivity index (χ0) is 15.7. The van der Waals surface area contributed by atoms with Crippen molar-refractivity contribution in [1.29, 1.82) is 0 Å². The lowest BCUT2D eigenvalue weighted by atomic mass is 10.3. The summed E-state index contributed by atoms with van der Waals surface area (Å²) >= 11 is 7.19. The molecule has 0 saturated carbocycles. The molecular formula is C15H16ClN3O2S. The molecule has 7 heteroatoms. The normalized spacial score (nSPS) is 17.8. The van der Waals surface area contributed by atoms with E-state index in [1.165, 1.54) is 11.3 Å². The van der Waals surface area contributed by atoms with Gasteiger partial charge in [0.1, 0.15) is 11.9 Å². The van der Waals surface area contributed by atoms with Gasteiger partial charge in [0.15, 0.2) is 0 Å². The van der Waals surface area contributed by atoms with Crippen molar-refractivity contribution in [2.45, 2.75) is 26.4 Å². The highest BCUT2D eigenvalue weighted by molar-refractivity contribution is 7.17. The topological polar surface area (TPSA) is 55.3 Å². The van der Waals surface area contributed by atoms with Crippen LogP contribution in [0.25, 0.3) is 0 Å². The molecule has 3 rings (SSSR count). The predicted octanol–water partition coefficient (Wildman–Crippen LogP) is 3.10. The van der Waals surface area contributed by atoms with Gasteiger partial charge < -0.3 is 9.64 Å². The van der Waals surface area contributed by atoms with Crippen LogP contribution in [0.15, 0.2) is 18.2 Å². The summed E-state index contributed by atoms with van der Waals surface area (Å²) in [6.45, 7) is 5.00. The average Bonchev–Trinajstić information content (AvgIpc) is 3.06. The molecule has 116 valence electrons. The Hall–Kier alpha value is -1.66. The molecule has 22 heavy (non-hydrogen) atoms. The fourth-order valence-corrected chi connectivity index (χ4v) is 3.52. The number of thiophene rings is 1. The summed E-state index contributed by atoms with van der Waals surface area (Å²) in [7, 11) is 0. The molecule has 2 aromatic heterocycles. The molecule has 0 spiro atoms. The number of rotatable bonds is 3. The quantitative estimate of drug-likeness (QED) is 0.863. The van der Waals surface area contributed by atoms with Crippen molar-refractivity contribution in [3.8, 4) is 5.88 Å². The number of carbonyl (C=O) groups is 1. The highest BCUT2D eigenvalue weighted by atomic mass is 35.5. The zero-order valence-electron chi connectivity index (χ0n) is 12.4. The predicted molar refractivity (Wildman–Crippen MR) is 85.8 cm³/mol. The summed E-state index contributed by atoms with van der Waals surface area (Å²) in [5.41, 5.74) is 0.877. The third-order valence-electron chi connectivity index (χ3n) is 3.45. The Morgan fingerprint density at radius 1 is 1.41 bits per heavy atom. The number of nitrogens with zero attached hydrogens (tertiary/aromatic N) is 3. The second kappa shape index (κ2) is 6.22. The fourth-order valence-electron chi connectivity index (χ4n) is 2.51. The van der Waals surface area contributed by atoms with Crippen LogP contribution >= 0.6 is 22.9 Å². The van der Waals surface area contributed by atoms with E-state index in [-0.39, 0.29) is 12.0 Å². The van der Waals surface area contributed by atoms with Crippen LogP contribution in [0.4, 0.5) is 0 Å². The van der Waals surface area contributed by atoms with Crippen LogP contribution in [-0.4, -0.2) is 40.0 Å². The Morgan fingerprint density at radius 2 is 2.23 bits per heavy atom. The van der Waals surface area contributed by atoms with Gasteiger partial charge in [-0.25, -0.2) is 4.98 Å². The summed E-state index contributed by atoms with van der Waals surface area (Å²) in [6, 6.07) is 5.33. The number of hydrogen-bond donors (Lipinski definition) is 0. The molecule has 0 aliphatic carbocycles. The van der Waals surface area contributed by atoms with Crippen LogP contribution < -0.4 is 4.74 Å². The van der Waals surface area contributed by atoms with Gasteiger partial charge in [0.05, 0.1) is 15.8 Å². The first-order valence-corrected chi connectivity index (χ1v) is 8.24. The maximum Gasteiger partial charge on any atom is 0.264 e. The summed E-state index contributed by atoms with van der Waals surface area (Å²) in [5.74, 6) is 1.27. The second-order valence-corrected chi connectivity index (χ2v) is 6.99. The Bertz CT molecular complexity index is 684. The van der Waals surface area contributed by atoms with Gasteiger partial charge in [0.2, 0.25) is 5.88 Å². The smallest absolute Gasteiger partial charge is 0.264 e. The molecule has 0 unspecified atom stereocenters. The Kier molecular flexibility index (Phi) is 4.31. The Labute approximate surface area is 137 Å². The van der Waals surface area contributed by atoms with Gasteiger partial charge in [-0.05, 0) is 26.0 Å². The minimum Gasteiger partial charge on any atom is -0.472 e. The van der Waals surface area contributed by atoms with E-state index in [4.69, 9.17) is 16.3 Å². The fraction of sp³-hybridized carbons (Fsp3) is 0.400. The standard InChI is InChI=1S/C15H16ClN3O2S/c1-9-7-14(18-10(2)17-9)21-11-5-6-19(8-11)15(20)12-3-4-13(16)22-12/h3-4,7,11H,5-6,8H2,1-2H3/t11-/m0/s1. The van der Waals surface area contributed by atoms with E-state index in [9.17, 15) is 4.79 Å². The monoisotopic (exact) mass is 337 g/mol. The largest absolute Gasteiger partial charge is 0.472 e. The van der Waals surface area contributed by atoms with Crippen molar-refractivity contribution in [2.75, 3.05) is 13.1 Å². The van der Waals surface area contributed by atoms with Crippen LogP contribution in [-0.2, 0) is 0 Å². The van der Waals surface area contributed by atoms with Crippen molar-refractivity contribution in [3.63, 3.8) is 0 Å². The number of aromatic nitrogens is 2. The molecule has 1 fully saturated rings. The van der Waals surface area contributed by atoms with E-state index in [2.05, 4.69) is 9.97 Å². The molecule has 1 aliphatic rings. The number of hydrogen-bond acceptors (Lipinski definition) is 5. The van der Waals surface area contributed by atoms with E-state index >= 15 is 0 Å². The van der Waals surface area contributed by atoms with Gasteiger partial charge >= 0.3 is 0 Å². The molecule has 1 aliphatic heterocycles. The number of halogens is 1. The van der Waals surface area contributed by atoms with E-state index in [0.29, 0.717) is 34.0 Å². The highest BCUT2D eigenvalue weighted by Crippen LogP contribution is 2.25. The minimum absolute atomic E-state index is 0.0121. The van der Waals surface area contributed by atoms with Crippen molar-refractivity contribution in [1.82, 2.24) is 14.9 Å². The summed E-state index contributed by atoms with van der Waals surface area (Å²) in [4.78, 5) is 23.3. The molecule has 2 aromatic rings. The van der Waals surface area contributed by atoms with Crippen LogP contribution in [0.3, 0.4) is 0 Å². The lowest BCUT2D eigenvalue weighted by molar-refractivity contribution is 0.0776. The molecule has 1 saturated heterocycles. The molecule has 0 aromatic carbocycles. The first kappa shape index (κ1) is 15.2. The molecule has 5 nitrogen and oxygen atoms in total. The van der Waals surface area contributed by atoms with Gasteiger partial charge in [0, 0.05) is 24.7 Å². The molecule has 0 radical (unpaired) electrons. The number of carbonyl (C=O) groups excluding carboxylic acids is 1. The van der Waals surface area contributed by atoms with Crippen molar-refractivity contribution in [3.05, 3.63) is 38.9 Å². The first-order valence-electron chi connectivity index (χ1n) is 7.05. The van der Waals surface area contributed by atoms with E-state index in [0.717, 1.165) is 12.1 Å². The maximum atomic E-state index is 12.4. The summed E-state index contributed by atoms with van der Waals surface area (Å²) < 4.78 is 6.52.